The maximum atomic E-state index is 14.6. The fraction of sp³-hybridized carbons (Fsp3) is 0.780. The van der Waals surface area contributed by atoms with Gasteiger partial charge in [0.2, 0.25) is 51.1 Å². The fourth-order valence-electron chi connectivity index (χ4n) is 23.9. The molecule has 3 saturated heterocycles. The molecule has 776 valence electrons. The van der Waals surface area contributed by atoms with Gasteiger partial charge in [-0.15, -0.1) is 0 Å². The highest BCUT2D eigenvalue weighted by atomic mass is 32.2. The van der Waals surface area contributed by atoms with Crippen LogP contribution in [-0.2, 0) is 98.1 Å². The van der Waals surface area contributed by atoms with Crippen molar-refractivity contribution in [3.63, 3.8) is 0 Å². The van der Waals surface area contributed by atoms with Crippen LogP contribution in [0.15, 0.2) is 36.4 Å². The number of piperidine rings is 2. The zero-order chi connectivity index (χ0) is 102. The maximum absolute atomic E-state index is 14.6. The first kappa shape index (κ1) is 109. The van der Waals surface area contributed by atoms with Crippen LogP contribution in [0.3, 0.4) is 0 Å². The Bertz CT molecular complexity index is 5310. The second-order valence-corrected chi connectivity index (χ2v) is 55.3. The Morgan fingerprint density at radius 2 is 1.20 bits per heavy atom. The predicted molar refractivity (Wildman–Crippen MR) is 532 cm³/mol. The van der Waals surface area contributed by atoms with E-state index < -0.39 is 152 Å². The summed E-state index contributed by atoms with van der Waals surface area (Å²) in [4.78, 5) is 205. The summed E-state index contributed by atoms with van der Waals surface area (Å²) in [5, 5.41) is 5.72. The Morgan fingerprint density at radius 1 is 0.629 bits per heavy atom. The molecule has 8 aliphatic carbocycles. The van der Waals surface area contributed by atoms with E-state index in [0.717, 1.165) is 133 Å². The lowest BCUT2D eigenvalue weighted by Gasteiger charge is -2.40. The molecular weight excluding hydrogens is 1820 g/mol. The van der Waals surface area contributed by atoms with E-state index in [4.69, 9.17) is 25.2 Å². The molecule has 1 aromatic carbocycles. The number of sulfone groups is 1. The van der Waals surface area contributed by atoms with Crippen molar-refractivity contribution in [2.24, 2.45) is 109 Å². The van der Waals surface area contributed by atoms with Crippen molar-refractivity contribution in [1.82, 2.24) is 40.0 Å². The Morgan fingerprint density at radius 3 is 1.75 bits per heavy atom. The van der Waals surface area contributed by atoms with Gasteiger partial charge in [0.05, 0.1) is 51.3 Å². The van der Waals surface area contributed by atoms with E-state index in [1.807, 2.05) is 106 Å². The molecule has 8 saturated carbocycles. The first-order chi connectivity index (χ1) is 65.3. The van der Waals surface area contributed by atoms with E-state index in [1.54, 1.807) is 37.5 Å². The Balaban J connectivity index is 0.000000180. The average Bonchev–Trinajstić information content (AvgIpc) is 1.52. The average molecular weight is 1980 g/mol. The number of nitrogens with one attached hydrogen (secondary N) is 3. The minimum atomic E-state index is -3.97. The molecule has 140 heavy (non-hydrogen) atoms. The van der Waals surface area contributed by atoms with Crippen molar-refractivity contribution in [2.75, 3.05) is 25.4 Å². The summed E-state index contributed by atoms with van der Waals surface area (Å²) < 4.78 is 65.9. The van der Waals surface area contributed by atoms with Gasteiger partial charge < -0.3 is 40.5 Å². The highest BCUT2D eigenvalue weighted by molar-refractivity contribution is 7.92. The summed E-state index contributed by atoms with van der Waals surface area (Å²) in [5.41, 5.74) is 4.01. The lowest BCUT2D eigenvalue weighted by molar-refractivity contribution is -0.151. The number of carbonyl (C=O) groups excluding carboxylic acids is 14. The first-order valence-corrected chi connectivity index (χ1v) is 56.1. The minimum Gasteiger partial charge on any atom is -0.471 e. The van der Waals surface area contributed by atoms with Crippen LogP contribution in [0.5, 0.6) is 5.88 Å². The molecular formula is C109H163N9O20S2. The van der Waals surface area contributed by atoms with Gasteiger partial charge >= 0.3 is 5.97 Å². The molecule has 1 aromatic heterocycles. The van der Waals surface area contributed by atoms with Gasteiger partial charge in [-0.3, -0.25) is 71.8 Å². The number of Topliss-reactive ketones (excluding diaryl/α,β-unsaturated/α-hetero) is 6. The highest BCUT2D eigenvalue weighted by Gasteiger charge is 2.72. The van der Waals surface area contributed by atoms with Crippen LogP contribution in [0.1, 0.15) is 355 Å². The van der Waals surface area contributed by atoms with Crippen molar-refractivity contribution < 1.29 is 93.4 Å². The third-order valence-electron chi connectivity index (χ3n) is 34.1. The number of likely N-dealkylation sites (tertiary alicyclic amines) is 2. The molecule has 29 nitrogen and oxygen atoms in total. The number of amides is 7. The monoisotopic (exact) mass is 1980 g/mol. The summed E-state index contributed by atoms with van der Waals surface area (Å²) in [6.45, 7) is 36.0. The number of nitrogens with two attached hydrogens (primary N) is 1. The molecule has 15 rings (SSSR count). The molecule has 11 fully saturated rings. The van der Waals surface area contributed by atoms with E-state index in [2.05, 4.69) is 43.1 Å². The van der Waals surface area contributed by atoms with Crippen LogP contribution in [0.25, 0.3) is 11.0 Å². The van der Waals surface area contributed by atoms with Gasteiger partial charge in [-0.2, -0.15) is 0 Å². The van der Waals surface area contributed by atoms with Crippen molar-refractivity contribution in [1.29, 1.82) is 0 Å². The molecule has 1 unspecified atom stereocenters. The summed E-state index contributed by atoms with van der Waals surface area (Å²) in [7, 11) is -7.43. The fourth-order valence-corrected chi connectivity index (χ4v) is 26.8. The van der Waals surface area contributed by atoms with E-state index >= 15 is 0 Å². The Hall–Kier alpha value is -8.22. The number of aryl methyl sites for hydroxylation is 1. The number of hydrogen-bond donors (Lipinski definition) is 4. The molecule has 2 aromatic rings. The summed E-state index contributed by atoms with van der Waals surface area (Å²) in [6, 6.07) is 5.28. The molecule has 0 radical (unpaired) electrons. The largest absolute Gasteiger partial charge is 0.471 e. The number of carbonyl (C=O) groups is 14. The second kappa shape index (κ2) is 42.5. The van der Waals surface area contributed by atoms with Crippen LogP contribution in [-0.4, -0.2) is 200 Å². The van der Waals surface area contributed by atoms with E-state index in [1.165, 1.54) is 4.90 Å². The number of sulfonamides is 1. The molecule has 0 spiro atoms. The van der Waals surface area contributed by atoms with Crippen molar-refractivity contribution in [3.05, 3.63) is 42.1 Å². The third kappa shape index (κ3) is 25.6. The number of benzene rings is 1. The van der Waals surface area contributed by atoms with Crippen molar-refractivity contribution in [2.45, 2.75) is 407 Å². The number of primary amides is 1. The van der Waals surface area contributed by atoms with Crippen molar-refractivity contribution >= 4 is 113 Å². The number of nitrogens with zero attached hydrogens (tertiary/aromatic N) is 5. The minimum absolute atomic E-state index is 0.00522. The number of fused-ring (bicyclic) bond motifs is 8. The Kier molecular flexibility index (Phi) is 33.1. The molecule has 3 bridgehead atoms. The van der Waals surface area contributed by atoms with Gasteiger partial charge in [0.1, 0.15) is 41.0 Å². The van der Waals surface area contributed by atoms with Gasteiger partial charge in [0.25, 0.3) is 17.7 Å². The van der Waals surface area contributed by atoms with Gasteiger partial charge in [-0.05, 0) is 211 Å². The molecule has 7 amide bonds. The molecule has 17 atom stereocenters. The standard InChI is InChI=1S/C40H51N5O8S.C39H64N2O7S.C30H48N2O5/c1-39(18-19-39)54(50,51)44-38(49)40-23-27(40)14-8-4-2-3-6-13-26-21-34(46)53-33-20-25(33)12-7-5-9-17-31-36(42-30-16-11-10-15-29(30)41-31)52-28-22-32(35(47)43-40)45(24-28)37(26)48;1-10-11-15-25(33(44)34(45)40-26-16-17-26)20-30(43)32-31-29(38(31,8)9)23-41(32)35(46)28(36(2,3)4)21-27(42)22-39(18-13-12-14-19-39)24-49(47,48)37(5,6)7;1-28(2,3)15-19(33)14-20(29(4,5)6)27(37)32-16-21-23(30(21,7)8)24(32)22(34)13-18(25(35)26(31)36)12-17-10-9-11-17/h8,10-11,14-16,25-28,32-33H,2-7,9,12-13,17-24H2,1H3,(H,43,47)(H,44,49);25-26,28-29,31-32H,10-24H2,1-9H3,(H,40,45);17-18,20-21,23-24H,9-16H2,1-8H3,(H2,31,36)/b14-8-;;/t25-,26-,27-,28-,32+,33-,40-;25-,28?,29-,31-,32+;18-,20+,21-,23-,24+/m100/s1. The van der Waals surface area contributed by atoms with Gasteiger partial charge in [-0.1, -0.05) is 198 Å². The first-order valence-electron chi connectivity index (χ1n) is 52.9. The number of unbranched alkanes of at least 4 members (excludes halogenated alkanes) is 1. The number of ether oxygens (including phenoxy) is 2. The predicted octanol–water partition coefficient (Wildman–Crippen LogP) is 15.0. The topological polar surface area (TPSA) is 423 Å². The summed E-state index contributed by atoms with van der Waals surface area (Å²) in [6.07, 6.45) is 25.2. The Labute approximate surface area is 831 Å². The van der Waals surface area contributed by atoms with E-state index in [-0.39, 0.29) is 157 Å². The molecule has 5 aliphatic heterocycles. The van der Waals surface area contributed by atoms with Crippen LogP contribution in [0, 0.1) is 104 Å². The van der Waals surface area contributed by atoms with E-state index in [0.29, 0.717) is 94.1 Å². The van der Waals surface area contributed by atoms with Gasteiger partial charge in [0.15, 0.2) is 21.4 Å². The van der Waals surface area contributed by atoms with Gasteiger partial charge in [-0.25, -0.2) is 26.8 Å². The van der Waals surface area contributed by atoms with Crippen LogP contribution in [0.2, 0.25) is 0 Å². The molecule has 31 heteroatoms. The van der Waals surface area contributed by atoms with Crippen molar-refractivity contribution in [3.8, 4) is 5.88 Å². The quantitative estimate of drug-likeness (QED) is 0.0320. The third-order valence-corrected chi connectivity index (χ3v) is 39.1. The SMILES string of the molecule is CC(C)(C)CC(=O)C[C@H](C(=O)N1C[C@H]2[C@@H]([C@H]1C(=O)C[C@H](CC1CCC1)C(=O)C(N)=O)C2(C)C)C(C)(C)C.CC1(S(=O)(=O)NC(=O)[C@@]23C[C@H]2/C=C\CCCCC[C@@H]2CC(=O)O[C@@H]4C[C@H]4CCCCCc4nc5ccccc5nc4O[C@@H]4C[C@@H](C(=O)N3)N(C4)C2=O)CC1.CCCC[C@@H](CC(=O)[C@@H]1[C@@H]2[C@H](CN1C(=O)C(CC(=O)CC1(CS(=O)(=O)C(C)(C)C)CCCCC1)C(C)(C)C)C2(C)C)C(=O)C(=O)NC1CC1. The highest BCUT2D eigenvalue weighted by Crippen LogP contribution is 2.67. The second-order valence-electron chi connectivity index (χ2n) is 50.4. The smallest absolute Gasteiger partial charge is 0.306 e. The molecule has 5 N–H and O–H groups in total. The lowest BCUT2D eigenvalue weighted by atomic mass is 9.70. The lowest BCUT2D eigenvalue weighted by Crippen LogP contribution is -2.57. The van der Waals surface area contributed by atoms with Crippen LogP contribution >= 0.6 is 0 Å². The molecule has 13 aliphatic rings. The zero-order valence-electron chi connectivity index (χ0n) is 86.9. The van der Waals surface area contributed by atoms with E-state index in [9.17, 15) is 84.0 Å². The zero-order valence-corrected chi connectivity index (χ0v) is 88.6. The summed E-state index contributed by atoms with van der Waals surface area (Å²) in [5.74, 6) is -8.00. The number of hydrogen-bond acceptors (Lipinski definition) is 22. The number of ketones is 6. The maximum Gasteiger partial charge on any atom is 0.306 e. The van der Waals surface area contributed by atoms with Crippen LogP contribution in [0.4, 0.5) is 0 Å². The number of para-hydroxylation sites is 2. The molecule has 6 heterocycles. The van der Waals surface area contributed by atoms with Crippen LogP contribution < -0.4 is 25.8 Å². The van der Waals surface area contributed by atoms with Gasteiger partial charge in [0, 0.05) is 99.6 Å². The number of esters is 1. The number of allylic oxidation sites excluding steroid dienone is 1. The summed E-state index contributed by atoms with van der Waals surface area (Å²) >= 11 is 0. The number of aromatic nitrogens is 2. The normalized spacial score (nSPS) is 29.0. The number of rotatable bonds is 30.